The molecule has 0 spiro atoms. The number of hydrogen-bond acceptors (Lipinski definition) is 3. The lowest BCUT2D eigenvalue weighted by Gasteiger charge is -2.20. The maximum atomic E-state index is 13.1. The fraction of sp³-hybridized carbons (Fsp3) is 0.538. The second kappa shape index (κ2) is 5.98. The number of rotatable bonds is 5. The number of phenolic OH excluding ortho intramolecular Hbond substituents is 1. The van der Waals surface area contributed by atoms with Crippen LogP contribution in [-0.4, -0.2) is 16.3 Å². The molecule has 17 heavy (non-hydrogen) atoms. The van der Waals surface area contributed by atoms with Crippen LogP contribution in [-0.2, 0) is 0 Å². The van der Waals surface area contributed by atoms with Crippen molar-refractivity contribution in [3.63, 3.8) is 0 Å². The monoisotopic (exact) mass is 241 g/mol. The zero-order valence-electron chi connectivity index (χ0n) is 10.2. The van der Waals surface area contributed by atoms with Gasteiger partial charge in [0.2, 0.25) is 0 Å². The van der Waals surface area contributed by atoms with Crippen molar-refractivity contribution in [2.75, 3.05) is 0 Å². The molecule has 0 saturated carbocycles. The number of nitrogens with two attached hydrogens (primary N) is 1. The maximum Gasteiger partial charge on any atom is 0.165 e. The second-order valence-electron chi connectivity index (χ2n) is 4.78. The summed E-state index contributed by atoms with van der Waals surface area (Å²) >= 11 is 0. The summed E-state index contributed by atoms with van der Waals surface area (Å²) in [5, 5.41) is 18.9. The number of aliphatic hydroxyl groups is 1. The molecule has 3 nitrogen and oxygen atoms in total. The topological polar surface area (TPSA) is 66.5 Å². The highest BCUT2D eigenvalue weighted by Crippen LogP contribution is 2.23. The summed E-state index contributed by atoms with van der Waals surface area (Å²) in [6.45, 7) is 4.14. The van der Waals surface area contributed by atoms with Gasteiger partial charge in [-0.1, -0.05) is 19.9 Å². The molecular weight excluding hydrogens is 221 g/mol. The van der Waals surface area contributed by atoms with Crippen LogP contribution in [0, 0.1) is 11.7 Å². The fourth-order valence-corrected chi connectivity index (χ4v) is 1.64. The first-order chi connectivity index (χ1) is 7.91. The number of phenols is 1. The van der Waals surface area contributed by atoms with E-state index in [2.05, 4.69) is 13.8 Å². The van der Waals surface area contributed by atoms with Crippen molar-refractivity contribution in [3.8, 4) is 5.75 Å². The lowest BCUT2D eigenvalue weighted by Crippen LogP contribution is -2.26. The smallest absolute Gasteiger partial charge is 0.165 e. The first-order valence-corrected chi connectivity index (χ1v) is 5.84. The average molecular weight is 241 g/mol. The largest absolute Gasteiger partial charge is 0.505 e. The van der Waals surface area contributed by atoms with Gasteiger partial charge in [0.1, 0.15) is 0 Å². The number of halogens is 1. The molecule has 0 aromatic heterocycles. The first kappa shape index (κ1) is 13.9. The Balaban J connectivity index is 2.67. The van der Waals surface area contributed by atoms with E-state index in [-0.39, 0.29) is 0 Å². The molecule has 4 heteroatoms. The van der Waals surface area contributed by atoms with Crippen molar-refractivity contribution in [1.82, 2.24) is 0 Å². The zero-order chi connectivity index (χ0) is 13.0. The number of hydrogen-bond donors (Lipinski definition) is 3. The van der Waals surface area contributed by atoms with Gasteiger partial charge in [0.25, 0.3) is 0 Å². The van der Waals surface area contributed by atoms with E-state index in [1.54, 1.807) is 0 Å². The Morgan fingerprint density at radius 2 is 1.94 bits per heavy atom. The van der Waals surface area contributed by atoms with E-state index in [0.717, 1.165) is 6.42 Å². The van der Waals surface area contributed by atoms with E-state index in [1.165, 1.54) is 18.2 Å². The van der Waals surface area contributed by atoms with Crippen LogP contribution in [0.5, 0.6) is 5.75 Å². The predicted molar refractivity (Wildman–Crippen MR) is 65.1 cm³/mol. The maximum absolute atomic E-state index is 13.1. The summed E-state index contributed by atoms with van der Waals surface area (Å²) in [4.78, 5) is 0. The minimum absolute atomic E-state index is 0.405. The minimum atomic E-state index is -0.714. The molecule has 0 heterocycles. The van der Waals surface area contributed by atoms with Crippen LogP contribution in [0.1, 0.15) is 38.3 Å². The second-order valence-corrected chi connectivity index (χ2v) is 4.78. The normalized spacial score (nSPS) is 14.9. The van der Waals surface area contributed by atoms with Gasteiger partial charge in [0.05, 0.1) is 12.1 Å². The molecule has 0 bridgehead atoms. The number of aromatic hydroxyl groups is 1. The fourth-order valence-electron chi connectivity index (χ4n) is 1.64. The summed E-state index contributed by atoms with van der Waals surface area (Å²) in [7, 11) is 0. The van der Waals surface area contributed by atoms with E-state index < -0.39 is 23.7 Å². The quantitative estimate of drug-likeness (QED) is 0.741. The highest BCUT2D eigenvalue weighted by Gasteiger charge is 2.18. The van der Waals surface area contributed by atoms with Gasteiger partial charge in [-0.05, 0) is 36.5 Å². The molecule has 0 aliphatic heterocycles. The number of aliphatic hydroxyl groups excluding tert-OH is 1. The summed E-state index contributed by atoms with van der Waals surface area (Å²) in [5.41, 5.74) is 6.34. The summed E-state index contributed by atoms with van der Waals surface area (Å²) < 4.78 is 13.1. The SMILES string of the molecule is CC(C)CC[C@H](O)[C@H](N)c1ccc(O)c(F)c1. The highest BCUT2D eigenvalue weighted by atomic mass is 19.1. The highest BCUT2D eigenvalue weighted by molar-refractivity contribution is 5.30. The van der Waals surface area contributed by atoms with Crippen LogP contribution in [0.4, 0.5) is 4.39 Å². The molecule has 0 aliphatic rings. The lowest BCUT2D eigenvalue weighted by atomic mass is 9.96. The van der Waals surface area contributed by atoms with Crippen LogP contribution < -0.4 is 5.73 Å². The lowest BCUT2D eigenvalue weighted by molar-refractivity contribution is 0.128. The Hall–Kier alpha value is -1.13. The average Bonchev–Trinajstić information content (AvgIpc) is 2.28. The van der Waals surface area contributed by atoms with Gasteiger partial charge in [0.15, 0.2) is 11.6 Å². The van der Waals surface area contributed by atoms with Crippen LogP contribution in [0.3, 0.4) is 0 Å². The molecule has 0 aliphatic carbocycles. The molecule has 0 unspecified atom stereocenters. The van der Waals surface area contributed by atoms with E-state index in [1.807, 2.05) is 0 Å². The van der Waals surface area contributed by atoms with E-state index >= 15 is 0 Å². The van der Waals surface area contributed by atoms with Crippen LogP contribution in [0.25, 0.3) is 0 Å². The van der Waals surface area contributed by atoms with Crippen molar-refractivity contribution in [3.05, 3.63) is 29.6 Å². The van der Waals surface area contributed by atoms with Crippen LogP contribution in [0.15, 0.2) is 18.2 Å². The van der Waals surface area contributed by atoms with Crippen molar-refractivity contribution >= 4 is 0 Å². The standard InChI is InChI=1S/C13H20FNO2/c1-8(2)3-5-12(17)13(15)9-4-6-11(16)10(14)7-9/h4,6-8,12-13,16-17H,3,5,15H2,1-2H3/t12-,13+/m0/s1. The van der Waals surface area contributed by atoms with Crippen LogP contribution >= 0.6 is 0 Å². The Labute approximate surface area is 101 Å². The van der Waals surface area contributed by atoms with Gasteiger partial charge in [-0.2, -0.15) is 0 Å². The van der Waals surface area contributed by atoms with Crippen molar-refractivity contribution in [2.45, 2.75) is 38.8 Å². The van der Waals surface area contributed by atoms with Crippen LogP contribution in [0.2, 0.25) is 0 Å². The van der Waals surface area contributed by atoms with Gasteiger partial charge in [-0.25, -0.2) is 4.39 Å². The third-order valence-corrected chi connectivity index (χ3v) is 2.81. The Kier molecular flexibility index (Phi) is 4.90. The summed E-state index contributed by atoms with van der Waals surface area (Å²) in [5.74, 6) is -0.625. The molecule has 1 rings (SSSR count). The van der Waals surface area contributed by atoms with Gasteiger partial charge in [-0.15, -0.1) is 0 Å². The molecule has 0 radical (unpaired) electrons. The molecular formula is C13H20FNO2. The Morgan fingerprint density at radius 1 is 1.29 bits per heavy atom. The van der Waals surface area contributed by atoms with E-state index in [0.29, 0.717) is 17.9 Å². The molecule has 1 aromatic rings. The van der Waals surface area contributed by atoms with Gasteiger partial charge < -0.3 is 15.9 Å². The van der Waals surface area contributed by atoms with Crippen molar-refractivity contribution in [2.24, 2.45) is 11.7 Å². The molecule has 2 atom stereocenters. The summed E-state index contributed by atoms with van der Waals surface area (Å²) in [6.07, 6.45) is 0.762. The Morgan fingerprint density at radius 3 is 2.47 bits per heavy atom. The first-order valence-electron chi connectivity index (χ1n) is 5.84. The van der Waals surface area contributed by atoms with Crippen molar-refractivity contribution < 1.29 is 14.6 Å². The van der Waals surface area contributed by atoms with E-state index in [4.69, 9.17) is 10.8 Å². The van der Waals surface area contributed by atoms with E-state index in [9.17, 15) is 9.50 Å². The minimum Gasteiger partial charge on any atom is -0.505 e. The van der Waals surface area contributed by atoms with Crippen molar-refractivity contribution in [1.29, 1.82) is 0 Å². The molecule has 0 saturated heterocycles. The third kappa shape index (κ3) is 3.98. The molecule has 0 fully saturated rings. The molecule has 0 amide bonds. The van der Waals surface area contributed by atoms with Gasteiger partial charge in [0, 0.05) is 0 Å². The number of benzene rings is 1. The Bertz CT molecular complexity index is 368. The molecule has 96 valence electrons. The van der Waals surface area contributed by atoms with Gasteiger partial charge >= 0.3 is 0 Å². The predicted octanol–water partition coefficient (Wildman–Crippen LogP) is 2.33. The molecule has 4 N–H and O–H groups in total. The molecule has 1 aromatic carbocycles. The summed E-state index contributed by atoms with van der Waals surface area (Å²) in [6, 6.07) is 3.32. The zero-order valence-corrected chi connectivity index (χ0v) is 10.2. The van der Waals surface area contributed by atoms with Gasteiger partial charge in [-0.3, -0.25) is 0 Å². The third-order valence-electron chi connectivity index (χ3n) is 2.81.